The predicted octanol–water partition coefficient (Wildman–Crippen LogP) is 4.34. The number of carbonyl (C=O) groups excluding carboxylic acids is 2. The highest BCUT2D eigenvalue weighted by Crippen LogP contribution is 2.20. The van der Waals surface area contributed by atoms with E-state index in [4.69, 9.17) is 0 Å². The summed E-state index contributed by atoms with van der Waals surface area (Å²) in [5.74, 6) is -0.907. The Hall–Kier alpha value is -4.00. The van der Waals surface area contributed by atoms with Gasteiger partial charge in [-0.25, -0.2) is 0 Å². The van der Waals surface area contributed by atoms with Crippen LogP contribution >= 0.6 is 0 Å². The number of hydrogen-bond acceptors (Lipinski definition) is 4. The molecule has 7 heteroatoms. The van der Waals surface area contributed by atoms with Gasteiger partial charge in [0.2, 0.25) is 0 Å². The third kappa shape index (κ3) is 4.84. The minimum Gasteiger partial charge on any atom is -0.346 e. The Kier molecular flexibility index (Phi) is 5.99. The molecule has 0 aliphatic rings. The Bertz CT molecular complexity index is 1050. The summed E-state index contributed by atoms with van der Waals surface area (Å²) in [4.78, 5) is 35.5. The van der Waals surface area contributed by atoms with Gasteiger partial charge in [-0.05, 0) is 36.8 Å². The highest BCUT2D eigenvalue weighted by Gasteiger charge is 2.19. The average molecular weight is 389 g/mol. The second kappa shape index (κ2) is 8.79. The first kappa shape index (κ1) is 19.8. The summed E-state index contributed by atoms with van der Waals surface area (Å²) in [6.07, 6.45) is 0. The van der Waals surface area contributed by atoms with Crippen molar-refractivity contribution in [1.29, 1.82) is 0 Å². The van der Waals surface area contributed by atoms with E-state index in [9.17, 15) is 19.7 Å². The van der Waals surface area contributed by atoms with Gasteiger partial charge >= 0.3 is 0 Å². The van der Waals surface area contributed by atoms with Gasteiger partial charge in [0.05, 0.1) is 11.0 Å². The van der Waals surface area contributed by atoms with Crippen LogP contribution in [0.2, 0.25) is 0 Å². The zero-order valence-electron chi connectivity index (χ0n) is 15.7. The molecular weight excluding hydrogens is 370 g/mol. The van der Waals surface area contributed by atoms with E-state index in [0.29, 0.717) is 11.3 Å². The van der Waals surface area contributed by atoms with E-state index in [1.807, 2.05) is 37.3 Å². The fraction of sp³-hybridized carbons (Fsp3) is 0.0909. The van der Waals surface area contributed by atoms with Gasteiger partial charge in [0.15, 0.2) is 0 Å². The van der Waals surface area contributed by atoms with E-state index in [2.05, 4.69) is 10.6 Å². The van der Waals surface area contributed by atoms with Crippen molar-refractivity contribution in [3.8, 4) is 0 Å². The van der Waals surface area contributed by atoms with Crippen molar-refractivity contribution in [2.45, 2.75) is 13.0 Å². The number of para-hydroxylation sites is 1. The number of nitro groups is 1. The first-order valence-electron chi connectivity index (χ1n) is 8.96. The zero-order chi connectivity index (χ0) is 20.8. The minimum absolute atomic E-state index is 0.0509. The van der Waals surface area contributed by atoms with Crippen LogP contribution in [0.1, 0.15) is 39.2 Å². The number of carbonyl (C=O) groups is 2. The topological polar surface area (TPSA) is 101 Å². The fourth-order valence-corrected chi connectivity index (χ4v) is 2.87. The molecule has 3 rings (SSSR count). The summed E-state index contributed by atoms with van der Waals surface area (Å²) in [6, 6.07) is 21.5. The maximum atomic E-state index is 12.6. The predicted molar refractivity (Wildman–Crippen MR) is 110 cm³/mol. The Balaban J connectivity index is 1.73. The first-order valence-corrected chi connectivity index (χ1v) is 8.96. The average Bonchev–Trinajstić information content (AvgIpc) is 2.74. The standard InChI is InChI=1S/C22H19N3O4/c1-15(16-8-3-2-4-9-16)23-21(26)17-10-7-11-18(14-17)24-22(27)19-12-5-6-13-20(19)25(28)29/h2-15H,1H3,(H,23,26)(H,24,27). The van der Waals surface area contributed by atoms with Crippen LogP contribution in [0.5, 0.6) is 0 Å². The van der Waals surface area contributed by atoms with Crippen LogP contribution in [0.4, 0.5) is 11.4 Å². The van der Waals surface area contributed by atoms with Crippen molar-refractivity contribution in [3.05, 3.63) is 106 Å². The zero-order valence-corrected chi connectivity index (χ0v) is 15.7. The molecule has 3 aromatic rings. The maximum absolute atomic E-state index is 12.6. The first-order chi connectivity index (χ1) is 14.0. The fourth-order valence-electron chi connectivity index (χ4n) is 2.87. The van der Waals surface area contributed by atoms with Crippen LogP contribution in [-0.2, 0) is 0 Å². The van der Waals surface area contributed by atoms with Gasteiger partial charge in [-0.3, -0.25) is 19.7 Å². The normalized spacial score (nSPS) is 11.3. The van der Waals surface area contributed by atoms with Crippen molar-refractivity contribution >= 4 is 23.2 Å². The van der Waals surface area contributed by atoms with Gasteiger partial charge in [0.25, 0.3) is 17.5 Å². The molecule has 29 heavy (non-hydrogen) atoms. The molecule has 0 aliphatic carbocycles. The Morgan fingerprint density at radius 2 is 1.59 bits per heavy atom. The molecule has 1 unspecified atom stereocenters. The third-order valence-corrected chi connectivity index (χ3v) is 4.38. The van der Waals surface area contributed by atoms with Gasteiger partial charge in [0.1, 0.15) is 5.56 Å². The van der Waals surface area contributed by atoms with Crippen molar-refractivity contribution < 1.29 is 14.5 Å². The van der Waals surface area contributed by atoms with Gasteiger partial charge in [-0.1, -0.05) is 48.5 Å². The summed E-state index contributed by atoms with van der Waals surface area (Å²) < 4.78 is 0. The molecule has 0 spiro atoms. The molecular formula is C22H19N3O4. The second-order valence-electron chi connectivity index (χ2n) is 6.42. The summed E-state index contributed by atoms with van der Waals surface area (Å²) >= 11 is 0. The maximum Gasteiger partial charge on any atom is 0.282 e. The molecule has 0 radical (unpaired) electrons. The number of nitro benzene ring substituents is 1. The number of nitrogens with one attached hydrogen (secondary N) is 2. The monoisotopic (exact) mass is 389 g/mol. The molecule has 7 nitrogen and oxygen atoms in total. The van der Waals surface area contributed by atoms with E-state index >= 15 is 0 Å². The van der Waals surface area contributed by atoms with E-state index in [1.165, 1.54) is 24.3 Å². The Labute approximate surface area is 167 Å². The van der Waals surface area contributed by atoms with Gasteiger partial charge < -0.3 is 10.6 Å². The molecule has 0 fully saturated rings. The number of benzene rings is 3. The summed E-state index contributed by atoms with van der Waals surface area (Å²) in [5.41, 5.74) is 1.38. The molecule has 0 saturated carbocycles. The lowest BCUT2D eigenvalue weighted by molar-refractivity contribution is -0.385. The third-order valence-electron chi connectivity index (χ3n) is 4.38. The number of anilines is 1. The lowest BCUT2D eigenvalue weighted by Crippen LogP contribution is -2.26. The smallest absolute Gasteiger partial charge is 0.282 e. The van der Waals surface area contributed by atoms with Crippen molar-refractivity contribution in [2.24, 2.45) is 0 Å². The number of amides is 2. The molecule has 1 atom stereocenters. The quantitative estimate of drug-likeness (QED) is 0.484. The van der Waals surface area contributed by atoms with Crippen molar-refractivity contribution in [3.63, 3.8) is 0 Å². The molecule has 0 aromatic heterocycles. The minimum atomic E-state index is -0.618. The molecule has 2 amide bonds. The lowest BCUT2D eigenvalue weighted by Gasteiger charge is -2.15. The Morgan fingerprint density at radius 3 is 2.31 bits per heavy atom. The number of nitrogens with zero attached hydrogens (tertiary/aromatic N) is 1. The highest BCUT2D eigenvalue weighted by molar-refractivity contribution is 6.07. The van der Waals surface area contributed by atoms with Crippen LogP contribution in [0.15, 0.2) is 78.9 Å². The highest BCUT2D eigenvalue weighted by atomic mass is 16.6. The van der Waals surface area contributed by atoms with Crippen LogP contribution in [0, 0.1) is 10.1 Å². The molecule has 3 aromatic carbocycles. The van der Waals surface area contributed by atoms with Crippen LogP contribution in [0.25, 0.3) is 0 Å². The van der Waals surface area contributed by atoms with Crippen molar-refractivity contribution in [1.82, 2.24) is 5.32 Å². The van der Waals surface area contributed by atoms with Crippen LogP contribution in [-0.4, -0.2) is 16.7 Å². The molecule has 0 bridgehead atoms. The van der Waals surface area contributed by atoms with Gasteiger partial charge in [0, 0.05) is 17.3 Å². The van der Waals surface area contributed by atoms with Crippen LogP contribution < -0.4 is 10.6 Å². The molecule has 0 aliphatic heterocycles. The van der Waals surface area contributed by atoms with E-state index < -0.39 is 10.8 Å². The summed E-state index contributed by atoms with van der Waals surface area (Å²) in [7, 11) is 0. The SMILES string of the molecule is CC(NC(=O)c1cccc(NC(=O)c2ccccc2[N+](=O)[O-])c1)c1ccccc1. The number of rotatable bonds is 6. The lowest BCUT2D eigenvalue weighted by atomic mass is 10.1. The van der Waals surface area contributed by atoms with Gasteiger partial charge in [-0.2, -0.15) is 0 Å². The summed E-state index contributed by atoms with van der Waals surface area (Å²) in [5, 5.41) is 16.6. The van der Waals surface area contributed by atoms with Crippen LogP contribution in [0.3, 0.4) is 0 Å². The summed E-state index contributed by atoms with van der Waals surface area (Å²) in [6.45, 7) is 1.88. The van der Waals surface area contributed by atoms with Crippen molar-refractivity contribution in [2.75, 3.05) is 5.32 Å². The van der Waals surface area contributed by atoms with Gasteiger partial charge in [-0.15, -0.1) is 0 Å². The second-order valence-corrected chi connectivity index (χ2v) is 6.42. The molecule has 2 N–H and O–H groups in total. The molecule has 0 heterocycles. The van der Waals surface area contributed by atoms with E-state index in [0.717, 1.165) is 5.56 Å². The number of hydrogen-bond donors (Lipinski definition) is 2. The largest absolute Gasteiger partial charge is 0.346 e. The molecule has 0 saturated heterocycles. The Morgan fingerprint density at radius 1 is 0.897 bits per heavy atom. The molecule has 146 valence electrons. The van der Waals surface area contributed by atoms with E-state index in [-0.39, 0.29) is 23.2 Å². The van der Waals surface area contributed by atoms with E-state index in [1.54, 1.807) is 24.3 Å².